The van der Waals surface area contributed by atoms with Crippen molar-refractivity contribution in [2.75, 3.05) is 13.1 Å². The molecule has 3 nitrogen and oxygen atoms in total. The number of hydrogen-bond acceptors (Lipinski definition) is 2. The van der Waals surface area contributed by atoms with Crippen LogP contribution in [-0.4, -0.2) is 27.8 Å². The van der Waals surface area contributed by atoms with Crippen LogP contribution in [0, 0.1) is 0 Å². The monoisotopic (exact) mass is 505 g/mol. The molecule has 2 aromatic rings. The van der Waals surface area contributed by atoms with Gasteiger partial charge in [0.25, 0.3) is 0 Å². The maximum Gasteiger partial charge on any atom is 0.123 e. The molecule has 0 aliphatic heterocycles. The molecule has 0 fully saturated rings. The van der Waals surface area contributed by atoms with Crippen LogP contribution in [0.15, 0.2) is 61.2 Å². The average Bonchev–Trinajstić information content (AvgIpc) is 3.20. The number of halogens is 1. The lowest BCUT2D eigenvalue weighted by Gasteiger charge is -2.27. The van der Waals surface area contributed by atoms with E-state index >= 15 is 0 Å². The Bertz CT molecular complexity index is 1140. The average molecular weight is 506 g/mol. The topological polar surface area (TPSA) is 21.1 Å². The molecule has 0 unspecified atom stereocenters. The highest BCUT2D eigenvalue weighted by atomic mass is 35.5. The zero-order valence-corrected chi connectivity index (χ0v) is 24.0. The number of aromatic nitrogens is 2. The van der Waals surface area contributed by atoms with E-state index < -0.39 is 0 Å². The molecule has 194 valence electrons. The summed E-state index contributed by atoms with van der Waals surface area (Å²) in [5.74, 6) is 0.872. The molecule has 0 atom stereocenters. The van der Waals surface area contributed by atoms with Crippen molar-refractivity contribution in [1.82, 2.24) is 14.7 Å². The number of rotatable bonds is 14. The first-order chi connectivity index (χ1) is 17.1. The maximum absolute atomic E-state index is 6.52. The van der Waals surface area contributed by atoms with Gasteiger partial charge in [0, 0.05) is 29.2 Å². The summed E-state index contributed by atoms with van der Waals surface area (Å²) in [4.78, 5) is 2.33. The van der Waals surface area contributed by atoms with E-state index in [2.05, 4.69) is 71.4 Å². The van der Waals surface area contributed by atoms with Crippen LogP contribution in [0.5, 0.6) is 0 Å². The molecule has 0 saturated carbocycles. The first-order valence-electron chi connectivity index (χ1n) is 13.1. The minimum atomic E-state index is 0.681. The third-order valence-corrected chi connectivity index (χ3v) is 6.62. The van der Waals surface area contributed by atoms with E-state index in [1.54, 1.807) is 0 Å². The van der Waals surface area contributed by atoms with Crippen LogP contribution < -0.4 is 0 Å². The van der Waals surface area contributed by atoms with Crippen molar-refractivity contribution in [3.63, 3.8) is 0 Å². The largest absolute Gasteiger partial charge is 0.357 e. The molecule has 0 N–H and O–H groups in total. The summed E-state index contributed by atoms with van der Waals surface area (Å²) in [5, 5.41) is 5.82. The summed E-state index contributed by atoms with van der Waals surface area (Å²) in [6.07, 6.45) is 11.3. The third kappa shape index (κ3) is 7.61. The van der Waals surface area contributed by atoms with E-state index in [4.69, 9.17) is 16.7 Å². The minimum Gasteiger partial charge on any atom is -0.357 e. The highest BCUT2D eigenvalue weighted by Gasteiger charge is 2.23. The predicted octanol–water partition coefficient (Wildman–Crippen LogP) is 9.66. The van der Waals surface area contributed by atoms with Crippen molar-refractivity contribution in [1.29, 1.82) is 0 Å². The van der Waals surface area contributed by atoms with Gasteiger partial charge in [0.15, 0.2) is 0 Å². The van der Waals surface area contributed by atoms with Crippen LogP contribution in [0.1, 0.15) is 84.0 Å². The summed E-state index contributed by atoms with van der Waals surface area (Å²) >= 11 is 6.52. The molecule has 0 radical (unpaired) electrons. The van der Waals surface area contributed by atoms with E-state index in [0.29, 0.717) is 5.02 Å². The van der Waals surface area contributed by atoms with E-state index in [-0.39, 0.29) is 0 Å². The Morgan fingerprint density at radius 2 is 1.78 bits per heavy atom. The van der Waals surface area contributed by atoms with Crippen LogP contribution in [0.2, 0.25) is 5.02 Å². The van der Waals surface area contributed by atoms with Crippen LogP contribution in [-0.2, 0) is 6.42 Å². The molecule has 0 aliphatic rings. The Hall–Kier alpha value is -2.78. The Balaban J connectivity index is 2.71. The van der Waals surface area contributed by atoms with Gasteiger partial charge >= 0.3 is 0 Å². The zero-order valence-electron chi connectivity index (χ0n) is 23.3. The standard InChI is InChI=1S/C32H44ClN3/c1-10-20-35(21-14-15-23(4)5)26(9)36-32(30-22-27(33)18-19-29(30)24(6)7)28(12-3)31(34-36)17-13-16-25(8)11-2/h12,15-16,18-19,22H,3,6,9-11,13-14,17,20-21H2,1-2,4-5,7-8H3. The molecular weight excluding hydrogens is 462 g/mol. The summed E-state index contributed by atoms with van der Waals surface area (Å²) < 4.78 is 2.01. The maximum atomic E-state index is 6.52. The third-order valence-electron chi connectivity index (χ3n) is 6.39. The van der Waals surface area contributed by atoms with Crippen molar-refractivity contribution in [3.05, 3.63) is 83.1 Å². The highest BCUT2D eigenvalue weighted by Crippen LogP contribution is 2.37. The predicted molar refractivity (Wildman–Crippen MR) is 161 cm³/mol. The number of aryl methyl sites for hydroxylation is 1. The summed E-state index contributed by atoms with van der Waals surface area (Å²) in [7, 11) is 0. The molecule has 0 bridgehead atoms. The smallest absolute Gasteiger partial charge is 0.123 e. The van der Waals surface area contributed by atoms with Crippen molar-refractivity contribution in [2.45, 2.75) is 73.6 Å². The number of benzene rings is 1. The van der Waals surface area contributed by atoms with Gasteiger partial charge in [-0.2, -0.15) is 5.10 Å². The van der Waals surface area contributed by atoms with Crippen LogP contribution >= 0.6 is 11.6 Å². The van der Waals surface area contributed by atoms with Crippen LogP contribution in [0.4, 0.5) is 0 Å². The number of allylic oxidation sites excluding steroid dienone is 4. The normalized spacial score (nSPS) is 11.4. The fourth-order valence-electron chi connectivity index (χ4n) is 4.29. The Kier molecular flexibility index (Phi) is 11.5. The molecule has 4 heteroatoms. The zero-order chi connectivity index (χ0) is 26.8. The minimum absolute atomic E-state index is 0.681. The molecule has 1 heterocycles. The van der Waals surface area contributed by atoms with Crippen molar-refractivity contribution in [2.24, 2.45) is 0 Å². The quantitative estimate of drug-likeness (QED) is 0.238. The fourth-order valence-corrected chi connectivity index (χ4v) is 4.46. The Morgan fingerprint density at radius 1 is 1.06 bits per heavy atom. The first kappa shape index (κ1) is 29.5. The summed E-state index contributed by atoms with van der Waals surface area (Å²) in [5.41, 5.74) is 8.79. The van der Waals surface area contributed by atoms with Crippen LogP contribution in [0.25, 0.3) is 28.7 Å². The van der Waals surface area contributed by atoms with E-state index in [1.807, 2.05) is 35.9 Å². The van der Waals surface area contributed by atoms with Gasteiger partial charge in [-0.15, -0.1) is 0 Å². The highest BCUT2D eigenvalue weighted by molar-refractivity contribution is 6.31. The van der Waals surface area contributed by atoms with Crippen LogP contribution in [0.3, 0.4) is 0 Å². The van der Waals surface area contributed by atoms with E-state index in [1.165, 1.54) is 11.1 Å². The molecule has 0 saturated heterocycles. The molecule has 0 amide bonds. The number of nitrogens with zero attached hydrogens (tertiary/aromatic N) is 3. The Labute approximate surface area is 224 Å². The molecule has 2 rings (SSSR count). The lowest BCUT2D eigenvalue weighted by molar-refractivity contribution is 0.380. The molecule has 36 heavy (non-hydrogen) atoms. The van der Waals surface area contributed by atoms with Gasteiger partial charge in [-0.05, 0) is 77.5 Å². The van der Waals surface area contributed by atoms with Crippen molar-refractivity contribution in [3.8, 4) is 11.3 Å². The molecule has 1 aromatic heterocycles. The second-order valence-electron chi connectivity index (χ2n) is 9.71. The van der Waals surface area contributed by atoms with Gasteiger partial charge in [-0.3, -0.25) is 0 Å². The van der Waals surface area contributed by atoms with Gasteiger partial charge in [0.05, 0.1) is 11.4 Å². The molecule has 1 aromatic carbocycles. The lowest BCUT2D eigenvalue weighted by Crippen LogP contribution is -2.27. The van der Waals surface area contributed by atoms with Gasteiger partial charge in [0.2, 0.25) is 0 Å². The second-order valence-corrected chi connectivity index (χ2v) is 10.1. The summed E-state index contributed by atoms with van der Waals surface area (Å²) in [6.45, 7) is 27.6. The second kappa shape index (κ2) is 14.1. The molecular formula is C32H44ClN3. The van der Waals surface area contributed by atoms with Crippen molar-refractivity contribution >= 4 is 29.1 Å². The molecule has 0 aliphatic carbocycles. The van der Waals surface area contributed by atoms with Gasteiger partial charge in [-0.1, -0.05) is 86.2 Å². The van der Waals surface area contributed by atoms with Gasteiger partial charge in [0.1, 0.15) is 5.82 Å². The first-order valence-corrected chi connectivity index (χ1v) is 13.5. The Morgan fingerprint density at radius 3 is 2.36 bits per heavy atom. The SMILES string of the molecule is C=Cc1c(CCC=C(C)CC)nn(C(=C)N(CCC)CCC=C(C)C)c1-c1cc(Cl)ccc1C(=C)C. The fraction of sp³-hybridized carbons (Fsp3) is 0.406. The van der Waals surface area contributed by atoms with Gasteiger partial charge < -0.3 is 4.90 Å². The van der Waals surface area contributed by atoms with E-state index in [0.717, 1.165) is 84.7 Å². The van der Waals surface area contributed by atoms with Crippen molar-refractivity contribution < 1.29 is 0 Å². The van der Waals surface area contributed by atoms with E-state index in [9.17, 15) is 0 Å². The molecule has 0 spiro atoms. The van der Waals surface area contributed by atoms with Gasteiger partial charge in [-0.25, -0.2) is 4.68 Å². The number of hydrogen-bond donors (Lipinski definition) is 0. The summed E-state index contributed by atoms with van der Waals surface area (Å²) in [6, 6.07) is 5.97. The lowest BCUT2D eigenvalue weighted by atomic mass is 9.95.